The summed E-state index contributed by atoms with van der Waals surface area (Å²) in [5, 5.41) is 0. The van der Waals surface area contributed by atoms with Crippen LogP contribution in [0.5, 0.6) is 0 Å². The molecule has 1 saturated heterocycles. The number of rotatable bonds is 6. The molecule has 0 spiro atoms. The van der Waals surface area contributed by atoms with Crippen LogP contribution in [0.25, 0.3) is 0 Å². The zero-order chi connectivity index (χ0) is 20.4. The minimum atomic E-state index is -0.551. The summed E-state index contributed by atoms with van der Waals surface area (Å²) in [6.07, 6.45) is 0.102. The molecule has 148 valence electrons. The van der Waals surface area contributed by atoms with Crippen LogP contribution in [0.15, 0.2) is 30.3 Å². The standard InChI is InChI=1S/C22H26N2O4/c1-5-23-15(3)10-19(16(23)4)20(25)13-28-22(27)17-11-21(26)24(12-17)18-8-6-14(2)7-9-18/h6-10,17H,5,11-13H2,1-4H3/t17-/m1/s1. The lowest BCUT2D eigenvalue weighted by molar-refractivity contribution is -0.147. The van der Waals surface area contributed by atoms with Gasteiger partial charge < -0.3 is 14.2 Å². The number of amides is 1. The van der Waals surface area contributed by atoms with Gasteiger partial charge in [-0.1, -0.05) is 17.7 Å². The van der Waals surface area contributed by atoms with Crippen molar-refractivity contribution in [2.45, 2.75) is 40.7 Å². The Labute approximate surface area is 165 Å². The third-order valence-electron chi connectivity index (χ3n) is 5.34. The molecule has 1 fully saturated rings. The van der Waals surface area contributed by atoms with Gasteiger partial charge in [0.1, 0.15) is 0 Å². The monoisotopic (exact) mass is 382 g/mol. The summed E-state index contributed by atoms with van der Waals surface area (Å²) in [5.41, 5.74) is 4.34. The molecule has 28 heavy (non-hydrogen) atoms. The fourth-order valence-corrected chi connectivity index (χ4v) is 3.74. The molecule has 1 aliphatic heterocycles. The number of hydrogen-bond donors (Lipinski definition) is 0. The molecule has 0 aliphatic carbocycles. The van der Waals surface area contributed by atoms with Crippen LogP contribution in [0, 0.1) is 26.7 Å². The van der Waals surface area contributed by atoms with Crippen LogP contribution in [0.1, 0.15) is 40.7 Å². The molecule has 0 unspecified atom stereocenters. The van der Waals surface area contributed by atoms with Crippen LogP contribution in [0.3, 0.4) is 0 Å². The number of aryl methyl sites for hydroxylation is 2. The molecule has 2 heterocycles. The zero-order valence-corrected chi connectivity index (χ0v) is 16.8. The van der Waals surface area contributed by atoms with E-state index in [0.29, 0.717) is 5.56 Å². The molecule has 0 saturated carbocycles. The molecule has 1 aliphatic rings. The summed E-state index contributed by atoms with van der Waals surface area (Å²) >= 11 is 0. The van der Waals surface area contributed by atoms with Crippen molar-refractivity contribution in [2.24, 2.45) is 5.92 Å². The summed E-state index contributed by atoms with van der Waals surface area (Å²) in [6, 6.07) is 9.43. The lowest BCUT2D eigenvalue weighted by atomic mass is 10.1. The summed E-state index contributed by atoms with van der Waals surface area (Å²) in [4.78, 5) is 38.8. The first-order valence-electron chi connectivity index (χ1n) is 9.55. The Balaban J connectivity index is 1.60. The molecule has 1 aromatic carbocycles. The summed E-state index contributed by atoms with van der Waals surface area (Å²) < 4.78 is 7.30. The van der Waals surface area contributed by atoms with E-state index in [-0.39, 0.29) is 31.3 Å². The fourth-order valence-electron chi connectivity index (χ4n) is 3.74. The van der Waals surface area contributed by atoms with Crippen LogP contribution in [0.2, 0.25) is 0 Å². The number of Topliss-reactive ketones (excluding diaryl/α,β-unsaturated/α-hetero) is 1. The number of anilines is 1. The van der Waals surface area contributed by atoms with Gasteiger partial charge in [-0.2, -0.15) is 0 Å². The second-order valence-electron chi connectivity index (χ2n) is 7.30. The molecule has 6 nitrogen and oxygen atoms in total. The topological polar surface area (TPSA) is 68.6 Å². The Morgan fingerprint density at radius 2 is 1.82 bits per heavy atom. The number of ether oxygens (including phenoxy) is 1. The Hall–Kier alpha value is -2.89. The summed E-state index contributed by atoms with van der Waals surface area (Å²) in [7, 11) is 0. The van der Waals surface area contributed by atoms with Gasteiger partial charge in [-0.15, -0.1) is 0 Å². The van der Waals surface area contributed by atoms with Gasteiger partial charge >= 0.3 is 5.97 Å². The largest absolute Gasteiger partial charge is 0.457 e. The minimum absolute atomic E-state index is 0.102. The number of nitrogens with zero attached hydrogens (tertiary/aromatic N) is 2. The van der Waals surface area contributed by atoms with Gasteiger partial charge in [0.05, 0.1) is 5.92 Å². The van der Waals surface area contributed by atoms with Crippen LogP contribution >= 0.6 is 0 Å². The first-order valence-corrected chi connectivity index (χ1v) is 9.55. The third-order valence-corrected chi connectivity index (χ3v) is 5.34. The highest BCUT2D eigenvalue weighted by Crippen LogP contribution is 2.26. The lowest BCUT2D eigenvalue weighted by Gasteiger charge is -2.16. The number of carbonyl (C=O) groups is 3. The number of carbonyl (C=O) groups excluding carboxylic acids is 3. The van der Waals surface area contributed by atoms with Crippen molar-refractivity contribution in [3.63, 3.8) is 0 Å². The molecule has 3 rings (SSSR count). The van der Waals surface area contributed by atoms with Gasteiger partial charge in [-0.05, 0) is 45.9 Å². The van der Waals surface area contributed by atoms with Crippen molar-refractivity contribution in [1.82, 2.24) is 4.57 Å². The maximum Gasteiger partial charge on any atom is 0.311 e. The first-order chi connectivity index (χ1) is 13.3. The average molecular weight is 382 g/mol. The predicted molar refractivity (Wildman–Crippen MR) is 107 cm³/mol. The molecule has 0 N–H and O–H groups in total. The first kappa shape index (κ1) is 19.9. The van der Waals surface area contributed by atoms with Crippen LogP contribution in [-0.4, -0.2) is 35.4 Å². The predicted octanol–water partition coefficient (Wildman–Crippen LogP) is 3.21. The van der Waals surface area contributed by atoms with Gasteiger partial charge in [0.15, 0.2) is 6.61 Å². The molecule has 1 amide bonds. The summed E-state index contributed by atoms with van der Waals surface area (Å²) in [6.45, 7) is 8.59. The molecule has 0 bridgehead atoms. The Morgan fingerprint density at radius 1 is 1.14 bits per heavy atom. The van der Waals surface area contributed by atoms with Gasteiger partial charge in [0.2, 0.25) is 11.7 Å². The van der Waals surface area contributed by atoms with E-state index in [2.05, 4.69) is 0 Å². The Bertz CT molecular complexity index is 911. The summed E-state index contributed by atoms with van der Waals surface area (Å²) in [5.74, 6) is -1.38. The Morgan fingerprint density at radius 3 is 2.43 bits per heavy atom. The van der Waals surface area contributed by atoms with Crippen molar-refractivity contribution in [2.75, 3.05) is 18.1 Å². The van der Waals surface area contributed by atoms with E-state index in [1.807, 2.05) is 62.6 Å². The average Bonchev–Trinajstić information content (AvgIpc) is 3.19. The van der Waals surface area contributed by atoms with Crippen LogP contribution in [-0.2, 0) is 20.9 Å². The molecule has 1 aromatic heterocycles. The smallest absolute Gasteiger partial charge is 0.311 e. The number of ketones is 1. The van der Waals surface area contributed by atoms with Gasteiger partial charge in [0, 0.05) is 42.1 Å². The molecule has 0 radical (unpaired) electrons. The van der Waals surface area contributed by atoms with E-state index in [4.69, 9.17) is 4.74 Å². The van der Waals surface area contributed by atoms with E-state index in [1.54, 1.807) is 4.90 Å². The van der Waals surface area contributed by atoms with E-state index < -0.39 is 11.9 Å². The lowest BCUT2D eigenvalue weighted by Crippen LogP contribution is -2.27. The van der Waals surface area contributed by atoms with Crippen molar-refractivity contribution < 1.29 is 19.1 Å². The number of esters is 1. The highest BCUT2D eigenvalue weighted by Gasteiger charge is 2.36. The number of aromatic nitrogens is 1. The number of hydrogen-bond acceptors (Lipinski definition) is 4. The highest BCUT2D eigenvalue weighted by molar-refractivity contribution is 6.01. The second-order valence-corrected chi connectivity index (χ2v) is 7.30. The normalized spacial score (nSPS) is 16.5. The minimum Gasteiger partial charge on any atom is -0.457 e. The van der Waals surface area contributed by atoms with E-state index in [9.17, 15) is 14.4 Å². The quantitative estimate of drug-likeness (QED) is 0.568. The molecule has 6 heteroatoms. The van der Waals surface area contributed by atoms with Crippen molar-refractivity contribution in [3.05, 3.63) is 52.8 Å². The number of benzene rings is 1. The maximum atomic E-state index is 12.5. The molecular weight excluding hydrogens is 356 g/mol. The van der Waals surface area contributed by atoms with Crippen molar-refractivity contribution in [3.8, 4) is 0 Å². The highest BCUT2D eigenvalue weighted by atomic mass is 16.5. The van der Waals surface area contributed by atoms with Crippen molar-refractivity contribution in [1.29, 1.82) is 0 Å². The SMILES string of the molecule is CCn1c(C)cc(C(=O)COC(=O)[C@@H]2CC(=O)N(c3ccc(C)cc3)C2)c1C. The zero-order valence-electron chi connectivity index (χ0n) is 16.8. The van der Waals surface area contributed by atoms with Crippen LogP contribution in [0.4, 0.5) is 5.69 Å². The van der Waals surface area contributed by atoms with Gasteiger partial charge in [-0.25, -0.2) is 0 Å². The van der Waals surface area contributed by atoms with Gasteiger partial charge in [0.25, 0.3) is 0 Å². The molecule has 2 aromatic rings. The molecule has 1 atom stereocenters. The molecular formula is C22H26N2O4. The fraction of sp³-hybridized carbons (Fsp3) is 0.409. The van der Waals surface area contributed by atoms with Crippen molar-refractivity contribution >= 4 is 23.3 Å². The Kier molecular flexibility index (Phi) is 5.68. The van der Waals surface area contributed by atoms with E-state index in [1.165, 1.54) is 0 Å². The third kappa shape index (κ3) is 3.86. The van der Waals surface area contributed by atoms with Gasteiger partial charge in [-0.3, -0.25) is 14.4 Å². The second kappa shape index (κ2) is 8.00. The maximum absolute atomic E-state index is 12.5. The van der Waals surface area contributed by atoms with Crippen LogP contribution < -0.4 is 4.90 Å². The van der Waals surface area contributed by atoms with E-state index >= 15 is 0 Å². The van der Waals surface area contributed by atoms with E-state index in [0.717, 1.165) is 29.2 Å².